The minimum Gasteiger partial charge on any atom is -0.496 e. The van der Waals surface area contributed by atoms with E-state index in [1.54, 1.807) is 24.5 Å². The van der Waals surface area contributed by atoms with E-state index in [4.69, 9.17) is 4.74 Å². The average molecular weight is 488 g/mol. The van der Waals surface area contributed by atoms with Crippen molar-refractivity contribution < 1.29 is 14.3 Å². The molecule has 2 amide bonds. The van der Waals surface area contributed by atoms with Crippen LogP contribution in [-0.4, -0.2) is 53.0 Å². The zero-order valence-corrected chi connectivity index (χ0v) is 20.9. The first-order valence-corrected chi connectivity index (χ1v) is 12.5. The van der Waals surface area contributed by atoms with E-state index in [0.29, 0.717) is 13.0 Å². The van der Waals surface area contributed by atoms with Gasteiger partial charge in [-0.2, -0.15) is 0 Å². The van der Waals surface area contributed by atoms with Crippen molar-refractivity contribution in [3.05, 3.63) is 77.9 Å². The number of benzene rings is 2. The number of hydrogen-bond donors (Lipinski definition) is 1. The summed E-state index contributed by atoms with van der Waals surface area (Å²) in [6.07, 6.45) is 8.33. The average Bonchev–Trinajstić information content (AvgIpc) is 3.42. The van der Waals surface area contributed by atoms with E-state index in [1.807, 2.05) is 40.9 Å². The number of nitrogens with zero attached hydrogens (tertiary/aromatic N) is 4. The summed E-state index contributed by atoms with van der Waals surface area (Å²) in [4.78, 5) is 33.5. The van der Waals surface area contributed by atoms with Gasteiger partial charge in [-0.15, -0.1) is 0 Å². The topological polar surface area (TPSA) is 79.7 Å². The summed E-state index contributed by atoms with van der Waals surface area (Å²) in [6, 6.07) is 14.4. The Labute approximate surface area is 211 Å². The highest BCUT2D eigenvalue weighted by Crippen LogP contribution is 2.35. The molecule has 2 aliphatic heterocycles. The highest BCUT2D eigenvalue weighted by molar-refractivity contribution is 5.96. The number of ether oxygens (including phenoxy) is 1. The number of nitrogens with one attached hydrogen (secondary N) is 1. The Hall–Kier alpha value is -3.65. The third kappa shape index (κ3) is 4.86. The van der Waals surface area contributed by atoms with Gasteiger partial charge in [-0.05, 0) is 42.5 Å². The van der Waals surface area contributed by atoms with Gasteiger partial charge in [0.2, 0.25) is 11.8 Å². The molecule has 1 N–H and O–H groups in total. The first-order chi connectivity index (χ1) is 17.5. The van der Waals surface area contributed by atoms with Crippen LogP contribution in [0.3, 0.4) is 0 Å². The lowest BCUT2D eigenvalue weighted by Gasteiger charge is -2.42. The lowest BCUT2D eigenvalue weighted by molar-refractivity contribution is -0.136. The largest absolute Gasteiger partial charge is 0.496 e. The highest BCUT2D eigenvalue weighted by Gasteiger charge is 2.35. The second-order valence-corrected chi connectivity index (χ2v) is 9.55. The summed E-state index contributed by atoms with van der Waals surface area (Å²) >= 11 is 0. The molecule has 2 atom stereocenters. The van der Waals surface area contributed by atoms with E-state index in [9.17, 15) is 9.59 Å². The molecular formula is C28H33N5O3. The molecule has 3 heterocycles. The van der Waals surface area contributed by atoms with E-state index in [1.165, 1.54) is 0 Å². The summed E-state index contributed by atoms with van der Waals surface area (Å²) in [6.45, 7) is 1.57. The second kappa shape index (κ2) is 10.5. The zero-order chi connectivity index (χ0) is 25.1. The molecule has 8 nitrogen and oxygen atoms in total. The van der Waals surface area contributed by atoms with Gasteiger partial charge in [0.15, 0.2) is 0 Å². The van der Waals surface area contributed by atoms with Gasteiger partial charge in [0.25, 0.3) is 0 Å². The molecule has 0 spiro atoms. The number of piperidine rings is 1. The molecule has 1 fully saturated rings. The van der Waals surface area contributed by atoms with Gasteiger partial charge in [-0.25, -0.2) is 4.98 Å². The minimum atomic E-state index is -0.0798. The SMILES string of the molecule is COc1cc2c(cc1CN[C@H]1CCCN(C(=O)Cn3ccnc3)[C@H]1c1ccccc1)N(C)C(=O)CC2. The minimum absolute atomic E-state index is 0.0768. The summed E-state index contributed by atoms with van der Waals surface area (Å²) in [5.74, 6) is 1.04. The van der Waals surface area contributed by atoms with E-state index in [2.05, 4.69) is 34.6 Å². The molecule has 0 radical (unpaired) electrons. The normalized spacial score (nSPS) is 19.8. The first-order valence-electron chi connectivity index (χ1n) is 12.5. The number of aryl methyl sites for hydroxylation is 1. The van der Waals surface area contributed by atoms with E-state index < -0.39 is 0 Å². The summed E-state index contributed by atoms with van der Waals surface area (Å²) in [5.41, 5.74) is 4.21. The number of amides is 2. The molecule has 3 aromatic rings. The fourth-order valence-corrected chi connectivity index (χ4v) is 5.46. The van der Waals surface area contributed by atoms with Crippen LogP contribution in [0.1, 0.15) is 42.0 Å². The van der Waals surface area contributed by atoms with Crippen LogP contribution < -0.4 is 15.0 Å². The van der Waals surface area contributed by atoms with E-state index in [0.717, 1.165) is 53.9 Å². The lowest BCUT2D eigenvalue weighted by Crippen LogP contribution is -2.51. The number of fused-ring (bicyclic) bond motifs is 1. The maximum absolute atomic E-state index is 13.4. The Kier molecular flexibility index (Phi) is 7.04. The first kappa shape index (κ1) is 24.1. The summed E-state index contributed by atoms with van der Waals surface area (Å²) < 4.78 is 7.54. The number of rotatable bonds is 7. The van der Waals surface area contributed by atoms with Crippen molar-refractivity contribution in [3.8, 4) is 5.75 Å². The van der Waals surface area contributed by atoms with Crippen molar-refractivity contribution in [2.45, 2.75) is 50.9 Å². The van der Waals surface area contributed by atoms with Crippen LogP contribution >= 0.6 is 0 Å². The molecule has 0 aliphatic carbocycles. The van der Waals surface area contributed by atoms with Gasteiger partial charge in [0, 0.05) is 56.2 Å². The quantitative estimate of drug-likeness (QED) is 0.553. The Bertz CT molecular complexity index is 1210. The molecule has 2 aromatic carbocycles. The highest BCUT2D eigenvalue weighted by atomic mass is 16.5. The third-order valence-electron chi connectivity index (χ3n) is 7.35. The van der Waals surface area contributed by atoms with Crippen LogP contribution in [-0.2, 0) is 29.1 Å². The number of aromatic nitrogens is 2. The van der Waals surface area contributed by atoms with Gasteiger partial charge in [-0.3, -0.25) is 9.59 Å². The molecule has 188 valence electrons. The van der Waals surface area contributed by atoms with Gasteiger partial charge in [0.05, 0.1) is 19.5 Å². The van der Waals surface area contributed by atoms with Crippen LogP contribution in [0, 0.1) is 0 Å². The lowest BCUT2D eigenvalue weighted by atomic mass is 9.89. The number of likely N-dealkylation sites (tertiary alicyclic amines) is 1. The maximum atomic E-state index is 13.4. The Morgan fingerprint density at radius 2 is 2.03 bits per heavy atom. The van der Waals surface area contributed by atoms with Crippen LogP contribution in [0.5, 0.6) is 5.75 Å². The third-order valence-corrected chi connectivity index (χ3v) is 7.35. The van der Waals surface area contributed by atoms with Gasteiger partial charge >= 0.3 is 0 Å². The van der Waals surface area contributed by atoms with Gasteiger partial charge < -0.3 is 24.4 Å². The van der Waals surface area contributed by atoms with E-state index in [-0.39, 0.29) is 30.4 Å². The van der Waals surface area contributed by atoms with Crippen molar-refractivity contribution >= 4 is 17.5 Å². The molecule has 2 aliphatic rings. The zero-order valence-electron chi connectivity index (χ0n) is 20.9. The van der Waals surface area contributed by atoms with Crippen molar-refractivity contribution in [1.82, 2.24) is 19.8 Å². The molecule has 0 saturated carbocycles. The van der Waals surface area contributed by atoms with Crippen molar-refractivity contribution in [1.29, 1.82) is 0 Å². The molecule has 8 heteroatoms. The fourth-order valence-electron chi connectivity index (χ4n) is 5.46. The number of imidazole rings is 1. The van der Waals surface area contributed by atoms with Crippen LogP contribution in [0.15, 0.2) is 61.2 Å². The Morgan fingerprint density at radius 3 is 2.78 bits per heavy atom. The van der Waals surface area contributed by atoms with Crippen LogP contribution in [0.2, 0.25) is 0 Å². The number of anilines is 1. The van der Waals surface area contributed by atoms with E-state index >= 15 is 0 Å². The molecular weight excluding hydrogens is 454 g/mol. The predicted molar refractivity (Wildman–Crippen MR) is 138 cm³/mol. The number of carbonyl (C=O) groups excluding carboxylic acids is 2. The van der Waals surface area contributed by atoms with Gasteiger partial charge in [-0.1, -0.05) is 30.3 Å². The number of hydrogen-bond acceptors (Lipinski definition) is 5. The molecule has 1 saturated heterocycles. The number of carbonyl (C=O) groups is 2. The molecule has 1 aromatic heterocycles. The Morgan fingerprint density at radius 1 is 1.19 bits per heavy atom. The van der Waals surface area contributed by atoms with Crippen molar-refractivity contribution in [3.63, 3.8) is 0 Å². The Balaban J connectivity index is 1.40. The summed E-state index contributed by atoms with van der Waals surface area (Å²) in [5, 5.41) is 3.74. The van der Waals surface area contributed by atoms with Crippen LogP contribution in [0.25, 0.3) is 0 Å². The van der Waals surface area contributed by atoms with Gasteiger partial charge in [0.1, 0.15) is 12.3 Å². The molecule has 0 unspecified atom stereocenters. The van der Waals surface area contributed by atoms with Crippen LogP contribution in [0.4, 0.5) is 5.69 Å². The van der Waals surface area contributed by atoms with Crippen molar-refractivity contribution in [2.24, 2.45) is 0 Å². The molecule has 0 bridgehead atoms. The fraction of sp³-hybridized carbons (Fsp3) is 0.393. The summed E-state index contributed by atoms with van der Waals surface area (Å²) in [7, 11) is 3.52. The maximum Gasteiger partial charge on any atom is 0.243 e. The molecule has 5 rings (SSSR count). The predicted octanol–water partition coefficient (Wildman–Crippen LogP) is 3.32. The number of methoxy groups -OCH3 is 1. The monoisotopic (exact) mass is 487 g/mol. The smallest absolute Gasteiger partial charge is 0.243 e. The standard InChI is InChI=1S/C28H33N5O3/c1-31-24-15-22(25(36-2)16-21(24)10-11-26(31)34)17-30-23-9-6-13-33(27(35)18-32-14-12-29-19-32)28(23)20-7-4-3-5-8-20/h3-5,7-8,12,14-16,19,23,28,30H,6,9-11,13,17-18H2,1-2H3/t23-,28-/m0/s1. The molecule has 36 heavy (non-hydrogen) atoms. The second-order valence-electron chi connectivity index (χ2n) is 9.55. The van der Waals surface area contributed by atoms with Crippen molar-refractivity contribution in [2.75, 3.05) is 25.6 Å².